The van der Waals surface area contributed by atoms with Crippen LogP contribution in [0.1, 0.15) is 17.4 Å². The maximum Gasteiger partial charge on any atom is 0.0901 e. The van der Waals surface area contributed by atoms with Gasteiger partial charge in [0.05, 0.1) is 6.10 Å². The monoisotopic (exact) mass is 207 g/mol. The fourth-order valence-electron chi connectivity index (χ4n) is 1.82. The Labute approximate surface area is 88.4 Å². The van der Waals surface area contributed by atoms with E-state index in [1.54, 1.807) is 0 Å². The van der Waals surface area contributed by atoms with Gasteiger partial charge in [-0.1, -0.05) is 18.2 Å². The average molecular weight is 207 g/mol. The number of nitrogens with one attached hydrogen (secondary N) is 1. The van der Waals surface area contributed by atoms with E-state index in [9.17, 15) is 5.11 Å². The number of thiol groups is 1. The van der Waals surface area contributed by atoms with Crippen LogP contribution in [0.4, 0.5) is 0 Å². The third kappa shape index (κ3) is 1.42. The molecule has 0 aliphatic carbocycles. The Morgan fingerprint density at radius 2 is 2.14 bits per heavy atom. The highest BCUT2D eigenvalue weighted by molar-refractivity contribution is 7.80. The van der Waals surface area contributed by atoms with Crippen LogP contribution in [0.3, 0.4) is 0 Å². The van der Waals surface area contributed by atoms with E-state index in [0.29, 0.717) is 5.75 Å². The number of para-hydroxylation sites is 1. The second-order valence-electron chi connectivity index (χ2n) is 3.41. The molecule has 2 N–H and O–H groups in total. The van der Waals surface area contributed by atoms with Crippen molar-refractivity contribution in [2.45, 2.75) is 13.0 Å². The van der Waals surface area contributed by atoms with Gasteiger partial charge in [-0.2, -0.15) is 12.6 Å². The van der Waals surface area contributed by atoms with E-state index in [4.69, 9.17) is 0 Å². The van der Waals surface area contributed by atoms with Gasteiger partial charge in [0.25, 0.3) is 0 Å². The molecule has 0 saturated heterocycles. The summed E-state index contributed by atoms with van der Waals surface area (Å²) in [5, 5.41) is 10.9. The molecular weight excluding hydrogens is 194 g/mol. The summed E-state index contributed by atoms with van der Waals surface area (Å²) in [7, 11) is 0. The van der Waals surface area contributed by atoms with Crippen molar-refractivity contribution < 1.29 is 5.11 Å². The zero-order chi connectivity index (χ0) is 10.1. The first-order valence-electron chi connectivity index (χ1n) is 4.60. The van der Waals surface area contributed by atoms with Crippen LogP contribution < -0.4 is 0 Å². The lowest BCUT2D eigenvalue weighted by molar-refractivity contribution is 0.205. The predicted octanol–water partition coefficient (Wildman–Crippen LogP) is 2.44. The molecule has 0 fully saturated rings. The number of rotatable bonds is 2. The molecule has 2 rings (SSSR count). The number of fused-ring (bicyclic) bond motifs is 1. The normalized spacial score (nSPS) is 13.4. The molecule has 0 amide bonds. The van der Waals surface area contributed by atoms with E-state index >= 15 is 0 Å². The molecule has 74 valence electrons. The Balaban J connectivity index is 2.67. The first kappa shape index (κ1) is 9.62. The van der Waals surface area contributed by atoms with Gasteiger partial charge < -0.3 is 10.1 Å². The molecule has 0 aliphatic heterocycles. The van der Waals surface area contributed by atoms with Gasteiger partial charge in [0, 0.05) is 27.9 Å². The maximum atomic E-state index is 9.80. The number of aliphatic hydroxyl groups excluding tert-OH is 1. The van der Waals surface area contributed by atoms with Crippen LogP contribution in [0.15, 0.2) is 24.3 Å². The van der Waals surface area contributed by atoms with Crippen molar-refractivity contribution in [3.8, 4) is 0 Å². The van der Waals surface area contributed by atoms with E-state index < -0.39 is 6.10 Å². The number of H-pyrrole nitrogens is 1. The van der Waals surface area contributed by atoms with Gasteiger partial charge in [-0.05, 0) is 13.0 Å². The number of hydrogen-bond acceptors (Lipinski definition) is 2. The highest BCUT2D eigenvalue weighted by atomic mass is 32.1. The summed E-state index contributed by atoms with van der Waals surface area (Å²) >= 11 is 4.11. The molecule has 2 nitrogen and oxygen atoms in total. The number of aromatic nitrogens is 1. The van der Waals surface area contributed by atoms with Crippen molar-refractivity contribution >= 4 is 23.5 Å². The van der Waals surface area contributed by atoms with Crippen molar-refractivity contribution in [3.05, 3.63) is 35.5 Å². The predicted molar refractivity (Wildman–Crippen MR) is 61.8 cm³/mol. The lowest BCUT2D eigenvalue weighted by Gasteiger charge is -2.07. The SMILES string of the molecule is Cc1[nH]c2ccccc2c1C(O)CS. The number of aromatic amines is 1. The highest BCUT2D eigenvalue weighted by Gasteiger charge is 2.14. The minimum absolute atomic E-state index is 0.447. The molecule has 1 aromatic heterocycles. The molecule has 0 aliphatic rings. The summed E-state index contributed by atoms with van der Waals surface area (Å²) in [6.07, 6.45) is -0.491. The number of hydrogen-bond donors (Lipinski definition) is 3. The summed E-state index contributed by atoms with van der Waals surface area (Å²) in [6.45, 7) is 1.97. The van der Waals surface area contributed by atoms with E-state index in [0.717, 1.165) is 22.2 Å². The van der Waals surface area contributed by atoms with Crippen LogP contribution in [0.5, 0.6) is 0 Å². The Kier molecular flexibility index (Phi) is 2.52. The Hall–Kier alpha value is -0.930. The molecule has 2 aromatic rings. The first-order chi connectivity index (χ1) is 6.74. The molecule has 0 saturated carbocycles. The summed E-state index contributed by atoms with van der Waals surface area (Å²) in [5.41, 5.74) is 3.06. The topological polar surface area (TPSA) is 36.0 Å². The molecule has 1 heterocycles. The van der Waals surface area contributed by atoms with Crippen molar-refractivity contribution in [3.63, 3.8) is 0 Å². The van der Waals surface area contributed by atoms with Crippen molar-refractivity contribution in [1.82, 2.24) is 4.98 Å². The molecule has 0 radical (unpaired) electrons. The molecule has 1 atom stereocenters. The van der Waals surface area contributed by atoms with Gasteiger partial charge in [0.15, 0.2) is 0 Å². The fraction of sp³-hybridized carbons (Fsp3) is 0.273. The maximum absolute atomic E-state index is 9.80. The summed E-state index contributed by atoms with van der Waals surface area (Å²) in [4.78, 5) is 3.25. The van der Waals surface area contributed by atoms with E-state index in [1.165, 1.54) is 0 Å². The van der Waals surface area contributed by atoms with Crippen molar-refractivity contribution in [1.29, 1.82) is 0 Å². The minimum atomic E-state index is -0.491. The molecule has 1 unspecified atom stereocenters. The first-order valence-corrected chi connectivity index (χ1v) is 5.23. The summed E-state index contributed by atoms with van der Waals surface area (Å²) < 4.78 is 0. The van der Waals surface area contributed by atoms with E-state index in [2.05, 4.69) is 17.6 Å². The number of aliphatic hydroxyl groups is 1. The van der Waals surface area contributed by atoms with Gasteiger partial charge in [-0.25, -0.2) is 0 Å². The third-order valence-electron chi connectivity index (χ3n) is 2.45. The summed E-state index contributed by atoms with van der Waals surface area (Å²) in [5.74, 6) is 0.447. The Morgan fingerprint density at radius 3 is 2.86 bits per heavy atom. The average Bonchev–Trinajstić information content (AvgIpc) is 2.53. The number of benzene rings is 1. The van der Waals surface area contributed by atoms with Gasteiger partial charge in [-0.15, -0.1) is 0 Å². The largest absolute Gasteiger partial charge is 0.387 e. The van der Waals surface area contributed by atoms with Crippen LogP contribution in [0.25, 0.3) is 10.9 Å². The molecule has 0 bridgehead atoms. The van der Waals surface area contributed by atoms with Crippen LogP contribution in [-0.4, -0.2) is 15.8 Å². The van der Waals surface area contributed by atoms with Gasteiger partial charge >= 0.3 is 0 Å². The molecule has 1 aromatic carbocycles. The second-order valence-corrected chi connectivity index (χ2v) is 3.77. The molecule has 14 heavy (non-hydrogen) atoms. The highest BCUT2D eigenvalue weighted by Crippen LogP contribution is 2.27. The zero-order valence-electron chi connectivity index (χ0n) is 7.99. The van der Waals surface area contributed by atoms with Crippen molar-refractivity contribution in [2.75, 3.05) is 5.75 Å². The molecule has 0 spiro atoms. The Morgan fingerprint density at radius 1 is 1.43 bits per heavy atom. The van der Waals surface area contributed by atoms with Gasteiger partial charge in [-0.3, -0.25) is 0 Å². The molecule has 3 heteroatoms. The molecular formula is C11H13NOS. The lowest BCUT2D eigenvalue weighted by Crippen LogP contribution is -1.99. The summed E-state index contributed by atoms with van der Waals surface area (Å²) in [6, 6.07) is 7.98. The smallest absolute Gasteiger partial charge is 0.0901 e. The van der Waals surface area contributed by atoms with Crippen LogP contribution in [0.2, 0.25) is 0 Å². The second kappa shape index (κ2) is 3.67. The number of aryl methyl sites for hydroxylation is 1. The van der Waals surface area contributed by atoms with Gasteiger partial charge in [0.2, 0.25) is 0 Å². The van der Waals surface area contributed by atoms with Crippen molar-refractivity contribution in [2.24, 2.45) is 0 Å². The third-order valence-corrected chi connectivity index (χ3v) is 2.80. The zero-order valence-corrected chi connectivity index (χ0v) is 8.88. The van der Waals surface area contributed by atoms with E-state index in [-0.39, 0.29) is 0 Å². The Bertz CT molecular complexity index is 449. The quantitative estimate of drug-likeness (QED) is 0.650. The van der Waals surface area contributed by atoms with Crippen LogP contribution >= 0.6 is 12.6 Å². The lowest BCUT2D eigenvalue weighted by atomic mass is 10.1. The standard InChI is InChI=1S/C11H13NOS/c1-7-11(10(13)6-14)8-4-2-3-5-9(8)12-7/h2-5,10,12-14H,6H2,1H3. The fourth-order valence-corrected chi connectivity index (χ4v) is 2.00. The van der Waals surface area contributed by atoms with Crippen LogP contribution in [0, 0.1) is 6.92 Å². The minimum Gasteiger partial charge on any atom is -0.387 e. The van der Waals surface area contributed by atoms with Crippen LogP contribution in [-0.2, 0) is 0 Å². The van der Waals surface area contributed by atoms with Gasteiger partial charge in [0.1, 0.15) is 0 Å². The van der Waals surface area contributed by atoms with E-state index in [1.807, 2.05) is 31.2 Å².